The Kier molecular flexibility index (Phi) is 4.39. The second-order valence-corrected chi connectivity index (χ2v) is 4.59. The van der Waals surface area contributed by atoms with Gasteiger partial charge in [-0.1, -0.05) is 19.8 Å². The molecule has 1 fully saturated rings. The molecule has 2 atom stereocenters. The van der Waals surface area contributed by atoms with E-state index in [9.17, 15) is 5.11 Å². The van der Waals surface area contributed by atoms with Gasteiger partial charge in [-0.15, -0.1) is 0 Å². The van der Waals surface area contributed by atoms with Crippen molar-refractivity contribution in [2.75, 3.05) is 6.61 Å². The van der Waals surface area contributed by atoms with Gasteiger partial charge in [0.05, 0.1) is 11.7 Å². The SMILES string of the molecule is CCOC(C)(CC)C(O)C1CCCC1. The number of aliphatic hydroxyl groups excluding tert-OH is 1. The van der Waals surface area contributed by atoms with Gasteiger partial charge < -0.3 is 9.84 Å². The number of hydrogen-bond acceptors (Lipinski definition) is 2. The molecule has 1 aliphatic carbocycles. The first-order chi connectivity index (χ1) is 6.64. The highest BCUT2D eigenvalue weighted by Gasteiger charge is 2.38. The van der Waals surface area contributed by atoms with Crippen LogP contribution in [-0.2, 0) is 4.74 Å². The van der Waals surface area contributed by atoms with E-state index in [0.29, 0.717) is 12.5 Å². The highest BCUT2D eigenvalue weighted by Crippen LogP contribution is 2.35. The molecule has 1 saturated carbocycles. The van der Waals surface area contributed by atoms with Crippen molar-refractivity contribution in [2.24, 2.45) is 5.92 Å². The van der Waals surface area contributed by atoms with Crippen LogP contribution in [0.25, 0.3) is 0 Å². The van der Waals surface area contributed by atoms with Gasteiger partial charge in [-0.2, -0.15) is 0 Å². The fourth-order valence-corrected chi connectivity index (χ4v) is 2.50. The molecular formula is C12H24O2. The molecule has 14 heavy (non-hydrogen) atoms. The Morgan fingerprint density at radius 3 is 2.36 bits per heavy atom. The van der Waals surface area contributed by atoms with E-state index >= 15 is 0 Å². The van der Waals surface area contributed by atoms with Crippen molar-refractivity contribution in [3.63, 3.8) is 0 Å². The molecule has 0 bridgehead atoms. The van der Waals surface area contributed by atoms with Gasteiger partial charge in [0.1, 0.15) is 0 Å². The lowest BCUT2D eigenvalue weighted by Gasteiger charge is -2.36. The summed E-state index contributed by atoms with van der Waals surface area (Å²) in [5.41, 5.74) is -0.330. The van der Waals surface area contributed by atoms with Crippen LogP contribution in [0.4, 0.5) is 0 Å². The minimum absolute atomic E-state index is 0.282. The van der Waals surface area contributed by atoms with Crippen LogP contribution in [0.15, 0.2) is 0 Å². The molecule has 2 heteroatoms. The predicted octanol–water partition coefficient (Wildman–Crippen LogP) is 2.74. The Morgan fingerprint density at radius 1 is 1.36 bits per heavy atom. The number of hydrogen-bond donors (Lipinski definition) is 1. The maximum Gasteiger partial charge on any atom is 0.0912 e. The first kappa shape index (κ1) is 12.0. The molecule has 0 aromatic rings. The predicted molar refractivity (Wildman–Crippen MR) is 58.3 cm³/mol. The standard InChI is InChI=1S/C12H24O2/c1-4-12(3,14-5-2)11(13)10-8-6-7-9-10/h10-11,13H,4-9H2,1-3H3. The van der Waals surface area contributed by atoms with Gasteiger partial charge in [-0.05, 0) is 39.0 Å². The first-order valence-corrected chi connectivity index (χ1v) is 5.96. The minimum Gasteiger partial charge on any atom is -0.390 e. The summed E-state index contributed by atoms with van der Waals surface area (Å²) >= 11 is 0. The van der Waals surface area contributed by atoms with Crippen molar-refractivity contribution >= 4 is 0 Å². The lowest BCUT2D eigenvalue weighted by atomic mass is 9.85. The van der Waals surface area contributed by atoms with E-state index in [-0.39, 0.29) is 11.7 Å². The van der Waals surface area contributed by atoms with Crippen molar-refractivity contribution in [1.82, 2.24) is 0 Å². The van der Waals surface area contributed by atoms with E-state index in [1.807, 2.05) is 13.8 Å². The largest absolute Gasteiger partial charge is 0.390 e. The second-order valence-electron chi connectivity index (χ2n) is 4.59. The van der Waals surface area contributed by atoms with Gasteiger partial charge >= 0.3 is 0 Å². The van der Waals surface area contributed by atoms with Gasteiger partial charge in [0.25, 0.3) is 0 Å². The Hall–Kier alpha value is -0.0800. The highest BCUT2D eigenvalue weighted by atomic mass is 16.5. The molecule has 1 aliphatic rings. The molecule has 0 aromatic heterocycles. The first-order valence-electron chi connectivity index (χ1n) is 5.96. The van der Waals surface area contributed by atoms with Gasteiger partial charge in [-0.25, -0.2) is 0 Å². The summed E-state index contributed by atoms with van der Waals surface area (Å²) in [6.07, 6.45) is 5.49. The fraction of sp³-hybridized carbons (Fsp3) is 1.00. The number of rotatable bonds is 5. The second kappa shape index (κ2) is 5.13. The monoisotopic (exact) mass is 200 g/mol. The zero-order valence-corrected chi connectivity index (χ0v) is 9.75. The molecule has 0 aliphatic heterocycles. The van der Waals surface area contributed by atoms with E-state index < -0.39 is 0 Å². The Bertz CT molecular complexity index is 164. The molecule has 1 N–H and O–H groups in total. The van der Waals surface area contributed by atoms with Crippen LogP contribution in [0, 0.1) is 5.92 Å². The summed E-state index contributed by atoms with van der Waals surface area (Å²) in [4.78, 5) is 0. The quantitative estimate of drug-likeness (QED) is 0.739. The summed E-state index contributed by atoms with van der Waals surface area (Å²) in [5.74, 6) is 0.464. The third kappa shape index (κ3) is 2.48. The van der Waals surface area contributed by atoms with Crippen LogP contribution < -0.4 is 0 Å². The summed E-state index contributed by atoms with van der Waals surface area (Å²) in [6.45, 7) is 6.82. The van der Waals surface area contributed by atoms with Crippen LogP contribution in [0.1, 0.15) is 52.9 Å². The van der Waals surface area contributed by atoms with E-state index in [1.54, 1.807) is 0 Å². The van der Waals surface area contributed by atoms with Crippen LogP contribution in [0.5, 0.6) is 0 Å². The molecule has 2 nitrogen and oxygen atoms in total. The normalized spacial score (nSPS) is 24.9. The highest BCUT2D eigenvalue weighted by molar-refractivity contribution is 4.89. The molecule has 1 rings (SSSR count). The molecule has 0 saturated heterocycles. The van der Waals surface area contributed by atoms with Gasteiger partial charge in [0.2, 0.25) is 0 Å². The summed E-state index contributed by atoms with van der Waals surface area (Å²) < 4.78 is 5.70. The Morgan fingerprint density at radius 2 is 1.93 bits per heavy atom. The summed E-state index contributed by atoms with van der Waals surface area (Å²) in [5, 5.41) is 10.3. The van der Waals surface area contributed by atoms with Crippen LogP contribution in [0.3, 0.4) is 0 Å². The average molecular weight is 200 g/mol. The molecule has 0 heterocycles. The van der Waals surface area contributed by atoms with Gasteiger partial charge in [0.15, 0.2) is 0 Å². The summed E-state index contributed by atoms with van der Waals surface area (Å²) in [6, 6.07) is 0. The summed E-state index contributed by atoms with van der Waals surface area (Å²) in [7, 11) is 0. The van der Waals surface area contributed by atoms with Crippen molar-refractivity contribution < 1.29 is 9.84 Å². The van der Waals surface area contributed by atoms with E-state index in [4.69, 9.17) is 4.74 Å². The van der Waals surface area contributed by atoms with Crippen LogP contribution >= 0.6 is 0 Å². The lowest BCUT2D eigenvalue weighted by molar-refractivity contribution is -0.129. The molecule has 0 amide bonds. The Labute approximate surface area is 87.7 Å². The smallest absolute Gasteiger partial charge is 0.0912 e. The molecule has 0 radical (unpaired) electrons. The maximum atomic E-state index is 10.3. The maximum absolute atomic E-state index is 10.3. The minimum atomic E-state index is -0.330. The lowest BCUT2D eigenvalue weighted by Crippen LogP contribution is -2.45. The molecule has 0 aromatic carbocycles. The van der Waals surface area contributed by atoms with Gasteiger partial charge in [0, 0.05) is 6.61 Å². The van der Waals surface area contributed by atoms with Gasteiger partial charge in [-0.3, -0.25) is 0 Å². The topological polar surface area (TPSA) is 29.5 Å². The molecular weight excluding hydrogens is 176 g/mol. The zero-order valence-electron chi connectivity index (χ0n) is 9.75. The average Bonchev–Trinajstić information content (AvgIpc) is 2.69. The van der Waals surface area contributed by atoms with Crippen LogP contribution in [-0.4, -0.2) is 23.4 Å². The molecule has 84 valence electrons. The van der Waals surface area contributed by atoms with Crippen molar-refractivity contribution in [3.8, 4) is 0 Å². The van der Waals surface area contributed by atoms with Crippen LogP contribution in [0.2, 0.25) is 0 Å². The van der Waals surface area contributed by atoms with E-state index in [2.05, 4.69) is 6.92 Å². The fourth-order valence-electron chi connectivity index (χ4n) is 2.50. The van der Waals surface area contributed by atoms with E-state index in [1.165, 1.54) is 25.7 Å². The third-order valence-electron chi connectivity index (χ3n) is 3.65. The number of ether oxygens (including phenoxy) is 1. The van der Waals surface area contributed by atoms with Crippen molar-refractivity contribution in [2.45, 2.75) is 64.6 Å². The molecule has 0 spiro atoms. The molecule has 2 unspecified atom stereocenters. The van der Waals surface area contributed by atoms with Crippen molar-refractivity contribution in [3.05, 3.63) is 0 Å². The third-order valence-corrected chi connectivity index (χ3v) is 3.65. The number of aliphatic hydroxyl groups is 1. The van der Waals surface area contributed by atoms with Crippen molar-refractivity contribution in [1.29, 1.82) is 0 Å². The van der Waals surface area contributed by atoms with E-state index in [0.717, 1.165) is 6.42 Å². The Balaban J connectivity index is 2.57. The zero-order chi connectivity index (χ0) is 10.6.